The molecule has 106 valence electrons. The minimum atomic E-state index is 0.0239. The van der Waals surface area contributed by atoms with E-state index in [2.05, 4.69) is 48.9 Å². The highest BCUT2D eigenvalue weighted by atomic mass is 79.9. The van der Waals surface area contributed by atoms with Crippen LogP contribution in [0, 0.1) is 5.41 Å². The Bertz CT molecular complexity index is 423. The van der Waals surface area contributed by atoms with Crippen LogP contribution in [0.25, 0.3) is 0 Å². The van der Waals surface area contributed by atoms with Gasteiger partial charge in [0.25, 0.3) is 5.91 Å². The van der Waals surface area contributed by atoms with E-state index in [0.29, 0.717) is 11.4 Å². The summed E-state index contributed by atoms with van der Waals surface area (Å²) < 4.78 is 0. The molecular weight excluding hydrogens is 302 g/mol. The summed E-state index contributed by atoms with van der Waals surface area (Å²) in [4.78, 5) is 12.5. The van der Waals surface area contributed by atoms with Crippen LogP contribution in [0.15, 0.2) is 24.3 Å². The smallest absolute Gasteiger partial charge is 0.251 e. The zero-order valence-corrected chi connectivity index (χ0v) is 13.9. The molecule has 1 aromatic rings. The number of carbonyl (C=O) groups is 1. The lowest BCUT2D eigenvalue weighted by atomic mass is 9.90. The van der Waals surface area contributed by atoms with Gasteiger partial charge >= 0.3 is 0 Å². The molecule has 2 nitrogen and oxygen atoms in total. The van der Waals surface area contributed by atoms with Crippen LogP contribution in [0.2, 0.25) is 0 Å². The van der Waals surface area contributed by atoms with Crippen LogP contribution >= 0.6 is 15.9 Å². The molecular formula is C16H24BrNO. The molecule has 0 fully saturated rings. The largest absolute Gasteiger partial charge is 0.351 e. The normalized spacial score (nSPS) is 13.1. The van der Waals surface area contributed by atoms with Gasteiger partial charge in [-0.1, -0.05) is 61.8 Å². The maximum Gasteiger partial charge on any atom is 0.251 e. The number of carbonyl (C=O) groups excluding carboxylic acids is 1. The van der Waals surface area contributed by atoms with Crippen LogP contribution in [0.5, 0.6) is 0 Å². The second-order valence-electron chi connectivity index (χ2n) is 6.08. The van der Waals surface area contributed by atoms with Gasteiger partial charge in [-0.05, 0) is 29.9 Å². The molecule has 0 aliphatic heterocycles. The lowest BCUT2D eigenvalue weighted by Crippen LogP contribution is -2.31. The molecule has 1 rings (SSSR count). The Labute approximate surface area is 125 Å². The first-order chi connectivity index (χ1) is 8.83. The average Bonchev–Trinajstić information content (AvgIpc) is 2.33. The minimum absolute atomic E-state index is 0.0239. The standard InChI is InChI=1S/C16H24BrNO/c1-5-12-8-6-7-9-14(12)15(19)18-11-13(17)10-16(2,3)4/h6-9,13H,5,10-11H2,1-4H3,(H,18,19). The van der Waals surface area contributed by atoms with Crippen LogP contribution in [0.3, 0.4) is 0 Å². The molecule has 0 heterocycles. The summed E-state index contributed by atoms with van der Waals surface area (Å²) in [5.41, 5.74) is 2.16. The van der Waals surface area contributed by atoms with Crippen molar-refractivity contribution in [1.82, 2.24) is 5.32 Å². The molecule has 0 aliphatic rings. The predicted octanol–water partition coefficient (Wildman–Crippen LogP) is 4.18. The molecule has 0 aliphatic carbocycles. The summed E-state index contributed by atoms with van der Waals surface area (Å²) in [6, 6.07) is 7.79. The van der Waals surface area contributed by atoms with Crippen molar-refractivity contribution < 1.29 is 4.79 Å². The molecule has 0 saturated heterocycles. The fourth-order valence-corrected chi connectivity index (χ4v) is 3.22. The van der Waals surface area contributed by atoms with E-state index >= 15 is 0 Å². The van der Waals surface area contributed by atoms with E-state index in [1.165, 1.54) is 0 Å². The molecule has 1 amide bonds. The Balaban J connectivity index is 2.56. The number of rotatable bonds is 5. The summed E-state index contributed by atoms with van der Waals surface area (Å²) in [5, 5.41) is 3.01. The SMILES string of the molecule is CCc1ccccc1C(=O)NCC(Br)CC(C)(C)C. The first kappa shape index (κ1) is 16.2. The molecule has 1 N–H and O–H groups in total. The molecule has 1 atom stereocenters. The Morgan fingerprint density at radius 3 is 2.53 bits per heavy atom. The molecule has 0 bridgehead atoms. The lowest BCUT2D eigenvalue weighted by molar-refractivity contribution is 0.0951. The fraction of sp³-hybridized carbons (Fsp3) is 0.562. The van der Waals surface area contributed by atoms with Crippen molar-refractivity contribution in [3.63, 3.8) is 0 Å². The topological polar surface area (TPSA) is 29.1 Å². The van der Waals surface area contributed by atoms with Crippen LogP contribution in [0.1, 0.15) is 50.0 Å². The van der Waals surface area contributed by atoms with E-state index in [9.17, 15) is 4.79 Å². The van der Waals surface area contributed by atoms with E-state index in [-0.39, 0.29) is 11.3 Å². The second-order valence-corrected chi connectivity index (χ2v) is 7.38. The van der Waals surface area contributed by atoms with E-state index < -0.39 is 0 Å². The van der Waals surface area contributed by atoms with Crippen LogP contribution in [0.4, 0.5) is 0 Å². The monoisotopic (exact) mass is 325 g/mol. The summed E-state index contributed by atoms with van der Waals surface area (Å²) in [7, 11) is 0. The van der Waals surface area contributed by atoms with Crippen molar-refractivity contribution >= 4 is 21.8 Å². The van der Waals surface area contributed by atoms with Gasteiger partial charge in [0.05, 0.1) is 0 Å². The number of amides is 1. The molecule has 3 heteroatoms. The molecule has 1 unspecified atom stereocenters. The van der Waals surface area contributed by atoms with E-state index in [1.54, 1.807) is 0 Å². The first-order valence-corrected chi connectivity index (χ1v) is 7.75. The molecule has 0 saturated carbocycles. The fourth-order valence-electron chi connectivity index (χ4n) is 2.09. The zero-order valence-electron chi connectivity index (χ0n) is 12.3. The van der Waals surface area contributed by atoms with Gasteiger partial charge in [0, 0.05) is 16.9 Å². The van der Waals surface area contributed by atoms with Gasteiger partial charge in [0.2, 0.25) is 0 Å². The van der Waals surface area contributed by atoms with Crippen molar-refractivity contribution in [2.45, 2.75) is 45.4 Å². The lowest BCUT2D eigenvalue weighted by Gasteiger charge is -2.22. The quantitative estimate of drug-likeness (QED) is 0.808. The van der Waals surface area contributed by atoms with Crippen molar-refractivity contribution in [3.05, 3.63) is 35.4 Å². The van der Waals surface area contributed by atoms with Crippen molar-refractivity contribution in [2.75, 3.05) is 6.54 Å². The third kappa shape index (κ3) is 5.77. The van der Waals surface area contributed by atoms with Gasteiger partial charge in [-0.25, -0.2) is 0 Å². The number of halogens is 1. The maximum absolute atomic E-state index is 12.2. The van der Waals surface area contributed by atoms with Crippen LogP contribution in [-0.4, -0.2) is 17.3 Å². The van der Waals surface area contributed by atoms with E-state index in [4.69, 9.17) is 0 Å². The van der Waals surface area contributed by atoms with Gasteiger partial charge in [-0.15, -0.1) is 0 Å². The molecule has 0 aromatic heterocycles. The second kappa shape index (κ2) is 7.09. The van der Waals surface area contributed by atoms with Crippen LogP contribution in [-0.2, 0) is 6.42 Å². The number of hydrogen-bond acceptors (Lipinski definition) is 1. The number of hydrogen-bond donors (Lipinski definition) is 1. The third-order valence-corrected chi connectivity index (χ3v) is 3.61. The molecule has 1 aromatic carbocycles. The molecule has 0 radical (unpaired) electrons. The zero-order chi connectivity index (χ0) is 14.5. The summed E-state index contributed by atoms with van der Waals surface area (Å²) in [6.07, 6.45) is 1.91. The Morgan fingerprint density at radius 2 is 1.95 bits per heavy atom. The highest BCUT2D eigenvalue weighted by Gasteiger charge is 2.17. The Hall–Kier alpha value is -0.830. The predicted molar refractivity (Wildman–Crippen MR) is 84.9 cm³/mol. The van der Waals surface area contributed by atoms with Gasteiger partial charge in [0.1, 0.15) is 0 Å². The van der Waals surface area contributed by atoms with Gasteiger partial charge in [0.15, 0.2) is 0 Å². The summed E-state index contributed by atoms with van der Waals surface area (Å²) in [6.45, 7) is 9.34. The highest BCUT2D eigenvalue weighted by molar-refractivity contribution is 9.09. The van der Waals surface area contributed by atoms with Gasteiger partial charge in [-0.2, -0.15) is 0 Å². The van der Waals surface area contributed by atoms with Crippen molar-refractivity contribution in [1.29, 1.82) is 0 Å². The third-order valence-electron chi connectivity index (χ3n) is 2.96. The van der Waals surface area contributed by atoms with Crippen molar-refractivity contribution in [3.8, 4) is 0 Å². The Kier molecular flexibility index (Phi) is 6.05. The first-order valence-electron chi connectivity index (χ1n) is 6.83. The molecule has 0 spiro atoms. The number of nitrogens with one attached hydrogen (secondary N) is 1. The van der Waals surface area contributed by atoms with Gasteiger partial charge < -0.3 is 5.32 Å². The summed E-state index contributed by atoms with van der Waals surface area (Å²) in [5.74, 6) is 0.0239. The van der Waals surface area contributed by atoms with E-state index in [1.807, 2.05) is 24.3 Å². The van der Waals surface area contributed by atoms with Crippen molar-refractivity contribution in [2.24, 2.45) is 5.41 Å². The van der Waals surface area contributed by atoms with Gasteiger partial charge in [-0.3, -0.25) is 4.79 Å². The molecule has 19 heavy (non-hydrogen) atoms. The number of aryl methyl sites for hydroxylation is 1. The number of alkyl halides is 1. The van der Waals surface area contributed by atoms with E-state index in [0.717, 1.165) is 24.0 Å². The summed E-state index contributed by atoms with van der Waals surface area (Å²) >= 11 is 3.64. The highest BCUT2D eigenvalue weighted by Crippen LogP contribution is 2.24. The maximum atomic E-state index is 12.2. The Morgan fingerprint density at radius 1 is 1.32 bits per heavy atom. The number of benzene rings is 1. The average molecular weight is 326 g/mol. The minimum Gasteiger partial charge on any atom is -0.351 e. The van der Waals surface area contributed by atoms with Crippen LogP contribution < -0.4 is 5.32 Å².